The van der Waals surface area contributed by atoms with Crippen LogP contribution >= 0.6 is 0 Å². The van der Waals surface area contributed by atoms with Gasteiger partial charge in [0.2, 0.25) is 0 Å². The number of pyridine rings is 1. The second-order valence-electron chi connectivity index (χ2n) is 4.70. The Labute approximate surface area is 118 Å². The quantitative estimate of drug-likeness (QED) is 0.907. The normalized spacial score (nSPS) is 18.4. The van der Waals surface area contributed by atoms with E-state index in [0.29, 0.717) is 25.3 Å². The van der Waals surface area contributed by atoms with Crippen molar-refractivity contribution in [3.8, 4) is 0 Å². The van der Waals surface area contributed by atoms with Crippen LogP contribution in [0.4, 0.5) is 4.79 Å². The van der Waals surface area contributed by atoms with Gasteiger partial charge in [-0.1, -0.05) is 0 Å². The van der Waals surface area contributed by atoms with Crippen molar-refractivity contribution in [3.05, 3.63) is 30.1 Å². The monoisotopic (exact) mass is 277 g/mol. The van der Waals surface area contributed by atoms with E-state index in [1.54, 1.807) is 36.4 Å². The van der Waals surface area contributed by atoms with E-state index in [2.05, 4.69) is 10.3 Å². The second kappa shape index (κ2) is 6.88. The molecule has 2 amide bonds. The van der Waals surface area contributed by atoms with Gasteiger partial charge < -0.3 is 15.0 Å². The molecule has 2 heterocycles. The van der Waals surface area contributed by atoms with E-state index >= 15 is 0 Å². The first-order valence-corrected chi connectivity index (χ1v) is 6.83. The number of ether oxygens (including phenoxy) is 1. The Balaban J connectivity index is 1.93. The lowest BCUT2D eigenvalue weighted by Gasteiger charge is -2.32. The van der Waals surface area contributed by atoms with Crippen molar-refractivity contribution in [2.45, 2.75) is 25.8 Å². The standard InChI is InChI=1S/C14H19N3O3/c1-2-20-14(19)16-12-6-4-8-17(10-12)13(18)11-5-3-7-15-9-11/h3,5,7,9,12H,2,4,6,8,10H2,1H3,(H,16,19)/t12-/m1/s1. The molecular formula is C14H19N3O3. The number of likely N-dealkylation sites (tertiary alicyclic amines) is 1. The molecule has 1 N–H and O–H groups in total. The average molecular weight is 277 g/mol. The molecule has 1 aromatic heterocycles. The number of hydrogen-bond donors (Lipinski definition) is 1. The van der Waals surface area contributed by atoms with Gasteiger partial charge in [-0.05, 0) is 31.9 Å². The summed E-state index contributed by atoms with van der Waals surface area (Å²) in [5, 5.41) is 2.79. The summed E-state index contributed by atoms with van der Waals surface area (Å²) < 4.78 is 4.86. The Bertz CT molecular complexity index is 464. The van der Waals surface area contributed by atoms with Crippen LogP contribution in [0.5, 0.6) is 0 Å². The highest BCUT2D eigenvalue weighted by molar-refractivity contribution is 5.94. The van der Waals surface area contributed by atoms with Crippen molar-refractivity contribution in [1.29, 1.82) is 0 Å². The first-order chi connectivity index (χ1) is 9.70. The summed E-state index contributed by atoms with van der Waals surface area (Å²) in [6.07, 6.45) is 4.50. The fourth-order valence-electron chi connectivity index (χ4n) is 2.29. The zero-order valence-corrected chi connectivity index (χ0v) is 11.5. The van der Waals surface area contributed by atoms with Gasteiger partial charge in [0.05, 0.1) is 12.2 Å². The van der Waals surface area contributed by atoms with E-state index in [9.17, 15) is 9.59 Å². The number of amides is 2. The van der Waals surface area contributed by atoms with Gasteiger partial charge in [-0.3, -0.25) is 9.78 Å². The topological polar surface area (TPSA) is 71.5 Å². The molecule has 2 rings (SSSR count). The summed E-state index contributed by atoms with van der Waals surface area (Å²) in [6, 6.07) is 3.44. The highest BCUT2D eigenvalue weighted by Crippen LogP contribution is 2.13. The predicted molar refractivity (Wildman–Crippen MR) is 73.3 cm³/mol. The molecule has 0 aliphatic carbocycles. The Morgan fingerprint density at radius 3 is 3.10 bits per heavy atom. The Kier molecular flexibility index (Phi) is 4.92. The molecule has 0 radical (unpaired) electrons. The molecule has 0 bridgehead atoms. The lowest BCUT2D eigenvalue weighted by Crippen LogP contribution is -2.49. The fourth-order valence-corrected chi connectivity index (χ4v) is 2.29. The minimum Gasteiger partial charge on any atom is -0.450 e. The van der Waals surface area contributed by atoms with Gasteiger partial charge in [0.1, 0.15) is 0 Å². The van der Waals surface area contributed by atoms with E-state index < -0.39 is 6.09 Å². The van der Waals surface area contributed by atoms with Gasteiger partial charge in [0.15, 0.2) is 0 Å². The number of nitrogens with one attached hydrogen (secondary N) is 1. The zero-order chi connectivity index (χ0) is 14.4. The highest BCUT2D eigenvalue weighted by atomic mass is 16.5. The molecule has 6 nitrogen and oxygen atoms in total. The molecule has 1 saturated heterocycles. The maximum atomic E-state index is 12.3. The first kappa shape index (κ1) is 14.3. The Morgan fingerprint density at radius 1 is 1.55 bits per heavy atom. The number of aromatic nitrogens is 1. The Hall–Kier alpha value is -2.11. The van der Waals surface area contributed by atoms with Gasteiger partial charge in [0, 0.05) is 31.5 Å². The maximum Gasteiger partial charge on any atom is 0.407 e. The molecule has 0 aromatic carbocycles. The van der Waals surface area contributed by atoms with Gasteiger partial charge >= 0.3 is 6.09 Å². The average Bonchev–Trinajstić information content (AvgIpc) is 2.48. The minimum atomic E-state index is -0.423. The summed E-state index contributed by atoms with van der Waals surface area (Å²) in [5.74, 6) is -0.0477. The highest BCUT2D eigenvalue weighted by Gasteiger charge is 2.25. The third kappa shape index (κ3) is 3.69. The van der Waals surface area contributed by atoms with Gasteiger partial charge in [-0.15, -0.1) is 0 Å². The molecule has 1 aromatic rings. The second-order valence-corrected chi connectivity index (χ2v) is 4.70. The fraction of sp³-hybridized carbons (Fsp3) is 0.500. The number of rotatable bonds is 3. The van der Waals surface area contributed by atoms with Gasteiger partial charge in [0.25, 0.3) is 5.91 Å². The molecule has 1 aliphatic heterocycles. The molecule has 108 valence electrons. The lowest BCUT2D eigenvalue weighted by molar-refractivity contribution is 0.0685. The third-order valence-electron chi connectivity index (χ3n) is 3.21. The number of hydrogen-bond acceptors (Lipinski definition) is 4. The smallest absolute Gasteiger partial charge is 0.407 e. The van der Waals surface area contributed by atoms with Crippen LogP contribution in [0.2, 0.25) is 0 Å². The third-order valence-corrected chi connectivity index (χ3v) is 3.21. The molecule has 0 unspecified atom stereocenters. The minimum absolute atomic E-state index is 0.0477. The molecule has 1 fully saturated rings. The van der Waals surface area contributed by atoms with Crippen LogP contribution in [-0.4, -0.2) is 47.6 Å². The molecule has 1 atom stereocenters. The van der Waals surface area contributed by atoms with Crippen LogP contribution < -0.4 is 5.32 Å². The largest absolute Gasteiger partial charge is 0.450 e. The summed E-state index contributed by atoms with van der Waals surface area (Å²) in [7, 11) is 0. The van der Waals surface area contributed by atoms with Crippen LogP contribution in [0.1, 0.15) is 30.1 Å². The number of carbonyl (C=O) groups excluding carboxylic acids is 2. The molecule has 0 spiro atoms. The van der Waals surface area contributed by atoms with Crippen LogP contribution in [-0.2, 0) is 4.74 Å². The van der Waals surface area contributed by atoms with E-state index in [4.69, 9.17) is 4.74 Å². The van der Waals surface area contributed by atoms with E-state index in [0.717, 1.165) is 12.8 Å². The Morgan fingerprint density at radius 2 is 2.40 bits per heavy atom. The number of nitrogens with zero attached hydrogens (tertiary/aromatic N) is 2. The van der Waals surface area contributed by atoms with Crippen molar-refractivity contribution >= 4 is 12.0 Å². The summed E-state index contributed by atoms with van der Waals surface area (Å²) in [4.78, 5) is 29.4. The van der Waals surface area contributed by atoms with Crippen molar-refractivity contribution in [3.63, 3.8) is 0 Å². The predicted octanol–water partition coefficient (Wildman–Crippen LogP) is 1.43. The summed E-state index contributed by atoms with van der Waals surface area (Å²) >= 11 is 0. The van der Waals surface area contributed by atoms with E-state index in [1.165, 1.54) is 0 Å². The van der Waals surface area contributed by atoms with Crippen LogP contribution in [0.3, 0.4) is 0 Å². The summed E-state index contributed by atoms with van der Waals surface area (Å²) in [6.45, 7) is 3.32. The van der Waals surface area contributed by atoms with Crippen molar-refractivity contribution < 1.29 is 14.3 Å². The van der Waals surface area contributed by atoms with Crippen molar-refractivity contribution in [2.24, 2.45) is 0 Å². The van der Waals surface area contributed by atoms with Gasteiger partial charge in [-0.25, -0.2) is 4.79 Å². The number of alkyl carbamates (subject to hydrolysis) is 1. The molecule has 1 aliphatic rings. The first-order valence-electron chi connectivity index (χ1n) is 6.83. The zero-order valence-electron chi connectivity index (χ0n) is 11.5. The van der Waals surface area contributed by atoms with Crippen LogP contribution in [0.25, 0.3) is 0 Å². The van der Waals surface area contributed by atoms with E-state index in [-0.39, 0.29) is 11.9 Å². The SMILES string of the molecule is CCOC(=O)N[C@@H]1CCCN(C(=O)c2cccnc2)C1. The maximum absolute atomic E-state index is 12.3. The molecule has 20 heavy (non-hydrogen) atoms. The lowest BCUT2D eigenvalue weighted by atomic mass is 10.0. The number of carbonyl (C=O) groups is 2. The van der Waals surface area contributed by atoms with E-state index in [1.807, 2.05) is 0 Å². The molecular weight excluding hydrogens is 258 g/mol. The van der Waals surface area contributed by atoms with Gasteiger partial charge in [-0.2, -0.15) is 0 Å². The van der Waals surface area contributed by atoms with Crippen molar-refractivity contribution in [2.75, 3.05) is 19.7 Å². The van der Waals surface area contributed by atoms with Crippen molar-refractivity contribution in [1.82, 2.24) is 15.2 Å². The molecule has 0 saturated carbocycles. The number of piperidine rings is 1. The summed E-state index contributed by atoms with van der Waals surface area (Å²) in [5.41, 5.74) is 0.573. The van der Waals surface area contributed by atoms with Crippen LogP contribution in [0.15, 0.2) is 24.5 Å². The van der Waals surface area contributed by atoms with Crippen LogP contribution in [0, 0.1) is 0 Å². The molecule has 6 heteroatoms.